The van der Waals surface area contributed by atoms with Crippen LogP contribution in [-0.4, -0.2) is 4.89 Å². The van der Waals surface area contributed by atoms with Crippen molar-refractivity contribution in [2.75, 3.05) is 0 Å². The maximum Gasteiger partial charge on any atom is 0.408 e. The van der Waals surface area contributed by atoms with E-state index in [1.54, 1.807) is 18.2 Å². The van der Waals surface area contributed by atoms with Crippen molar-refractivity contribution in [2.45, 2.75) is 0 Å². The van der Waals surface area contributed by atoms with E-state index in [4.69, 9.17) is 16.1 Å². The third-order valence-corrected chi connectivity index (χ3v) is 4.54. The lowest BCUT2D eigenvalue weighted by Gasteiger charge is -2.22. The standard InChI is InChI=1S/C14H10ClO3P/c15-12-7-6-11-8-13(10-4-2-1-3-5-10)18-19(16,17)14(11)9-12/h1-9H,(H,16,17). The van der Waals surface area contributed by atoms with Crippen LogP contribution in [0.15, 0.2) is 48.5 Å². The Bertz CT molecular complexity index is 710. The Balaban J connectivity index is 2.17. The average molecular weight is 293 g/mol. The molecule has 2 aromatic rings. The summed E-state index contributed by atoms with van der Waals surface area (Å²) >= 11 is 5.85. The maximum atomic E-state index is 12.2. The summed E-state index contributed by atoms with van der Waals surface area (Å²) in [7, 11) is -3.88. The Kier molecular flexibility index (Phi) is 2.98. The molecule has 5 heteroatoms. The van der Waals surface area contributed by atoms with Gasteiger partial charge in [0, 0.05) is 10.6 Å². The third kappa shape index (κ3) is 2.33. The number of halogens is 1. The smallest absolute Gasteiger partial charge is 0.408 e. The number of hydrogen-bond donors (Lipinski definition) is 1. The molecule has 3 nitrogen and oxygen atoms in total. The molecule has 96 valence electrons. The molecule has 19 heavy (non-hydrogen) atoms. The zero-order chi connectivity index (χ0) is 13.5. The van der Waals surface area contributed by atoms with Gasteiger partial charge in [0.05, 0.1) is 5.30 Å². The second-order valence-corrected chi connectivity index (χ2v) is 6.33. The van der Waals surface area contributed by atoms with Gasteiger partial charge in [0.15, 0.2) is 0 Å². The van der Waals surface area contributed by atoms with Crippen LogP contribution in [0, 0.1) is 0 Å². The van der Waals surface area contributed by atoms with Crippen LogP contribution in [0.1, 0.15) is 11.1 Å². The Morgan fingerprint density at radius 2 is 1.84 bits per heavy atom. The molecule has 1 aliphatic heterocycles. The largest absolute Gasteiger partial charge is 0.421 e. The summed E-state index contributed by atoms with van der Waals surface area (Å²) in [5, 5.41) is 0.646. The molecular weight excluding hydrogens is 283 g/mol. The minimum Gasteiger partial charge on any atom is -0.421 e. The topological polar surface area (TPSA) is 46.5 Å². The summed E-state index contributed by atoms with van der Waals surface area (Å²) in [5.74, 6) is 0.390. The highest BCUT2D eigenvalue weighted by molar-refractivity contribution is 7.61. The third-order valence-electron chi connectivity index (χ3n) is 2.86. The second kappa shape index (κ2) is 4.53. The van der Waals surface area contributed by atoms with Crippen molar-refractivity contribution in [1.29, 1.82) is 0 Å². The van der Waals surface area contributed by atoms with Crippen LogP contribution in [0.5, 0.6) is 0 Å². The molecule has 0 saturated carbocycles. The Labute approximate surface area is 115 Å². The molecule has 1 N–H and O–H groups in total. The fraction of sp³-hybridized carbons (Fsp3) is 0. The molecule has 1 aliphatic rings. The van der Waals surface area contributed by atoms with E-state index in [1.807, 2.05) is 30.3 Å². The number of fused-ring (bicyclic) bond motifs is 1. The molecule has 0 spiro atoms. The summed E-state index contributed by atoms with van der Waals surface area (Å²) in [4.78, 5) is 10.0. The first-order valence-electron chi connectivity index (χ1n) is 5.66. The van der Waals surface area contributed by atoms with Gasteiger partial charge in [-0.15, -0.1) is 0 Å². The number of benzene rings is 2. The minimum atomic E-state index is -3.88. The van der Waals surface area contributed by atoms with Gasteiger partial charge in [0.2, 0.25) is 0 Å². The minimum absolute atomic E-state index is 0.236. The predicted octanol–water partition coefficient (Wildman–Crippen LogP) is 3.68. The van der Waals surface area contributed by atoms with Crippen molar-refractivity contribution in [3.63, 3.8) is 0 Å². The highest BCUT2D eigenvalue weighted by atomic mass is 35.5. The van der Waals surface area contributed by atoms with Gasteiger partial charge in [0.25, 0.3) is 0 Å². The van der Waals surface area contributed by atoms with Crippen molar-refractivity contribution in [2.24, 2.45) is 0 Å². The van der Waals surface area contributed by atoms with Crippen molar-refractivity contribution in [3.8, 4) is 0 Å². The molecule has 1 atom stereocenters. The van der Waals surface area contributed by atoms with Gasteiger partial charge in [-0.05, 0) is 23.8 Å². The van der Waals surface area contributed by atoms with Gasteiger partial charge in [-0.25, -0.2) is 4.57 Å². The molecule has 0 bridgehead atoms. The van der Waals surface area contributed by atoms with Crippen molar-refractivity contribution in [3.05, 3.63) is 64.7 Å². The van der Waals surface area contributed by atoms with E-state index >= 15 is 0 Å². The monoisotopic (exact) mass is 292 g/mol. The molecule has 0 amide bonds. The van der Waals surface area contributed by atoms with E-state index in [1.165, 1.54) is 6.07 Å². The molecule has 1 heterocycles. The van der Waals surface area contributed by atoms with E-state index in [0.717, 1.165) is 5.56 Å². The van der Waals surface area contributed by atoms with Crippen LogP contribution in [0.2, 0.25) is 5.02 Å². The van der Waals surface area contributed by atoms with Crippen molar-refractivity contribution < 1.29 is 14.0 Å². The molecule has 1 unspecified atom stereocenters. The summed E-state index contributed by atoms with van der Waals surface area (Å²) < 4.78 is 17.5. The van der Waals surface area contributed by atoms with Crippen molar-refractivity contribution >= 4 is 36.3 Å². The summed E-state index contributed by atoms with van der Waals surface area (Å²) in [5.41, 5.74) is 1.41. The van der Waals surface area contributed by atoms with Gasteiger partial charge >= 0.3 is 7.60 Å². The Hall–Kier alpha value is -1.54. The summed E-state index contributed by atoms with van der Waals surface area (Å²) in [6.07, 6.45) is 1.74. The number of rotatable bonds is 1. The molecular formula is C14H10ClO3P. The van der Waals surface area contributed by atoms with Crippen LogP contribution in [0.25, 0.3) is 11.8 Å². The Morgan fingerprint density at radius 1 is 1.11 bits per heavy atom. The first-order chi connectivity index (χ1) is 9.06. The van der Waals surface area contributed by atoms with Crippen LogP contribution in [0.4, 0.5) is 0 Å². The van der Waals surface area contributed by atoms with E-state index in [0.29, 0.717) is 16.3 Å². The lowest BCUT2D eigenvalue weighted by atomic mass is 10.1. The van der Waals surface area contributed by atoms with Gasteiger partial charge in [0.1, 0.15) is 5.76 Å². The lowest BCUT2D eigenvalue weighted by Crippen LogP contribution is -2.14. The zero-order valence-electron chi connectivity index (χ0n) is 9.79. The van der Waals surface area contributed by atoms with Crippen LogP contribution >= 0.6 is 19.2 Å². The molecule has 2 aromatic carbocycles. The fourth-order valence-electron chi connectivity index (χ4n) is 1.97. The number of hydrogen-bond acceptors (Lipinski definition) is 2. The normalized spacial score (nSPS) is 21.3. The average Bonchev–Trinajstić information content (AvgIpc) is 2.40. The molecule has 0 aliphatic carbocycles. The lowest BCUT2D eigenvalue weighted by molar-refractivity contribution is 0.375. The van der Waals surface area contributed by atoms with Crippen LogP contribution < -0.4 is 5.30 Å². The van der Waals surface area contributed by atoms with E-state index in [9.17, 15) is 9.46 Å². The van der Waals surface area contributed by atoms with E-state index < -0.39 is 7.60 Å². The fourth-order valence-corrected chi connectivity index (χ4v) is 3.51. The van der Waals surface area contributed by atoms with Crippen molar-refractivity contribution in [1.82, 2.24) is 0 Å². The van der Waals surface area contributed by atoms with Gasteiger partial charge in [-0.1, -0.05) is 48.0 Å². The van der Waals surface area contributed by atoms with E-state index in [2.05, 4.69) is 0 Å². The molecule has 3 rings (SSSR count). The molecule has 0 fully saturated rings. The zero-order valence-corrected chi connectivity index (χ0v) is 11.4. The quantitative estimate of drug-likeness (QED) is 0.816. The highest BCUT2D eigenvalue weighted by Gasteiger charge is 2.32. The van der Waals surface area contributed by atoms with Gasteiger partial charge < -0.3 is 9.42 Å². The van der Waals surface area contributed by atoms with Crippen LogP contribution in [0.3, 0.4) is 0 Å². The highest BCUT2D eigenvalue weighted by Crippen LogP contribution is 2.50. The molecule has 0 saturated heterocycles. The molecule has 0 aromatic heterocycles. The first kappa shape index (κ1) is 12.5. The summed E-state index contributed by atoms with van der Waals surface area (Å²) in [6, 6.07) is 14.1. The maximum absolute atomic E-state index is 12.2. The SMILES string of the molecule is O=P1(O)OC(c2ccccc2)=Cc2ccc(Cl)cc21. The van der Waals surface area contributed by atoms with Gasteiger partial charge in [-0.3, -0.25) is 0 Å². The summed E-state index contributed by atoms with van der Waals surface area (Å²) in [6.45, 7) is 0. The molecule has 0 radical (unpaired) electrons. The predicted molar refractivity (Wildman–Crippen MR) is 76.3 cm³/mol. The van der Waals surface area contributed by atoms with Crippen LogP contribution in [-0.2, 0) is 9.09 Å². The second-order valence-electron chi connectivity index (χ2n) is 4.19. The Morgan fingerprint density at radius 3 is 2.58 bits per heavy atom. The van der Waals surface area contributed by atoms with Gasteiger partial charge in [-0.2, -0.15) is 0 Å². The first-order valence-corrected chi connectivity index (χ1v) is 7.61. The van der Waals surface area contributed by atoms with E-state index in [-0.39, 0.29) is 5.30 Å².